The highest BCUT2D eigenvalue weighted by atomic mass is 32.2. The van der Waals surface area contributed by atoms with Gasteiger partial charge in [0, 0.05) is 40.8 Å². The molecule has 1 atom stereocenters. The summed E-state index contributed by atoms with van der Waals surface area (Å²) in [6.07, 6.45) is 3.73. The topological polar surface area (TPSA) is 128 Å². The van der Waals surface area contributed by atoms with E-state index in [-0.39, 0.29) is 22.6 Å². The number of nitrogens with zero attached hydrogens (tertiary/aromatic N) is 1. The number of rotatable bonds is 13. The molecule has 4 aromatic rings. The lowest BCUT2D eigenvalue weighted by atomic mass is 10.0. The van der Waals surface area contributed by atoms with E-state index in [4.69, 9.17) is 14.2 Å². The van der Waals surface area contributed by atoms with E-state index >= 15 is 4.39 Å². The summed E-state index contributed by atoms with van der Waals surface area (Å²) in [7, 11) is 1.51. The molecule has 1 aliphatic carbocycles. The fourth-order valence-corrected chi connectivity index (χ4v) is 6.16. The zero-order valence-corrected chi connectivity index (χ0v) is 26.3. The van der Waals surface area contributed by atoms with E-state index < -0.39 is 28.9 Å². The van der Waals surface area contributed by atoms with Crippen molar-refractivity contribution in [2.75, 3.05) is 36.6 Å². The van der Waals surface area contributed by atoms with Crippen molar-refractivity contribution < 1.29 is 37.4 Å². The van der Waals surface area contributed by atoms with Gasteiger partial charge in [-0.05, 0) is 80.8 Å². The van der Waals surface area contributed by atoms with Gasteiger partial charge in [0.1, 0.15) is 17.0 Å². The molecule has 2 aliphatic rings. The number of anilines is 2. The molecule has 3 aromatic carbocycles. The van der Waals surface area contributed by atoms with Crippen LogP contribution in [0.2, 0.25) is 0 Å². The first-order chi connectivity index (χ1) is 22.8. The quantitative estimate of drug-likeness (QED) is 0.116. The fourth-order valence-electron chi connectivity index (χ4n) is 5.20. The average molecular weight is 663 g/mol. The molecular formula is C34H32F2N4O6S. The molecule has 0 spiro atoms. The van der Waals surface area contributed by atoms with Gasteiger partial charge >= 0.3 is 0 Å². The number of thioether (sulfide) groups is 1. The number of nitrogens with one attached hydrogen (secondary N) is 3. The van der Waals surface area contributed by atoms with Crippen LogP contribution in [-0.2, 0) is 14.4 Å². The van der Waals surface area contributed by atoms with Crippen molar-refractivity contribution in [1.29, 1.82) is 0 Å². The predicted octanol–water partition coefficient (Wildman–Crippen LogP) is 6.06. The lowest BCUT2D eigenvalue weighted by Crippen LogP contribution is -2.35. The second-order valence-corrected chi connectivity index (χ2v) is 12.3. The second kappa shape index (κ2) is 13.9. The average Bonchev–Trinajstić information content (AvgIpc) is 3.79. The second-order valence-electron chi connectivity index (χ2n) is 11.2. The van der Waals surface area contributed by atoms with Gasteiger partial charge in [-0.25, -0.2) is 8.78 Å². The first-order valence-electron chi connectivity index (χ1n) is 15.1. The highest BCUT2D eigenvalue weighted by molar-refractivity contribution is 8.14. The van der Waals surface area contributed by atoms with Crippen molar-refractivity contribution >= 4 is 51.0 Å². The van der Waals surface area contributed by atoms with Gasteiger partial charge in [0.25, 0.3) is 0 Å². The number of benzene rings is 3. The molecule has 1 aromatic heterocycles. The summed E-state index contributed by atoms with van der Waals surface area (Å²) in [5.74, 6) is -0.221. The highest BCUT2D eigenvalue weighted by Crippen LogP contribution is 2.47. The minimum atomic E-state index is -1.29. The number of amides is 2. The summed E-state index contributed by atoms with van der Waals surface area (Å²) in [6, 6.07) is 14.2. The van der Waals surface area contributed by atoms with Crippen LogP contribution in [0.25, 0.3) is 10.9 Å². The van der Waals surface area contributed by atoms with Gasteiger partial charge in [-0.15, -0.1) is 0 Å². The van der Waals surface area contributed by atoms with Gasteiger partial charge in [0.05, 0.1) is 25.3 Å². The number of halogens is 2. The highest BCUT2D eigenvalue weighted by Gasteiger charge is 2.56. The van der Waals surface area contributed by atoms with Crippen LogP contribution in [0.5, 0.6) is 23.0 Å². The number of fused-ring (bicyclic) bond motifs is 1. The Hall–Kier alpha value is -4.75. The molecule has 2 amide bonds. The van der Waals surface area contributed by atoms with Crippen molar-refractivity contribution in [2.45, 2.75) is 31.7 Å². The minimum absolute atomic E-state index is 0.0865. The van der Waals surface area contributed by atoms with Crippen LogP contribution >= 0.6 is 11.8 Å². The summed E-state index contributed by atoms with van der Waals surface area (Å²) in [5, 5.41) is 9.28. The molecule has 6 rings (SSSR count). The lowest BCUT2D eigenvalue weighted by Gasteiger charge is -2.16. The van der Waals surface area contributed by atoms with Crippen LogP contribution in [-0.4, -0.2) is 54.0 Å². The molecule has 47 heavy (non-hydrogen) atoms. The number of hydrogen-bond acceptors (Lipinski definition) is 9. The van der Waals surface area contributed by atoms with E-state index in [9.17, 15) is 18.8 Å². The molecule has 1 unspecified atom stereocenters. The Morgan fingerprint density at radius 2 is 1.68 bits per heavy atom. The van der Waals surface area contributed by atoms with Crippen molar-refractivity contribution in [3.05, 3.63) is 78.5 Å². The van der Waals surface area contributed by atoms with Gasteiger partial charge in [-0.1, -0.05) is 11.8 Å². The van der Waals surface area contributed by atoms with E-state index in [1.54, 1.807) is 18.2 Å². The molecule has 2 fully saturated rings. The normalized spacial score (nSPS) is 16.5. The number of ether oxygens (including phenoxy) is 3. The summed E-state index contributed by atoms with van der Waals surface area (Å²) in [5.41, 5.74) is -0.214. The van der Waals surface area contributed by atoms with E-state index in [0.717, 1.165) is 18.2 Å². The molecule has 1 saturated carbocycles. The number of hydrogen-bond donors (Lipinski definition) is 3. The molecule has 3 N–H and O–H groups in total. The van der Waals surface area contributed by atoms with Crippen LogP contribution in [0.3, 0.4) is 0 Å². The Kier molecular flexibility index (Phi) is 9.55. The Balaban J connectivity index is 1.09. The van der Waals surface area contributed by atoms with Gasteiger partial charge in [-0.2, -0.15) is 0 Å². The first kappa shape index (κ1) is 32.2. The molecule has 0 bridgehead atoms. The van der Waals surface area contributed by atoms with E-state index in [1.807, 2.05) is 0 Å². The molecule has 13 heteroatoms. The Morgan fingerprint density at radius 1 is 0.936 bits per heavy atom. The molecule has 2 heterocycles. The van der Waals surface area contributed by atoms with E-state index in [1.165, 1.54) is 61.5 Å². The lowest BCUT2D eigenvalue weighted by molar-refractivity contribution is -0.131. The van der Waals surface area contributed by atoms with Crippen LogP contribution in [0, 0.1) is 17.0 Å². The summed E-state index contributed by atoms with van der Waals surface area (Å²) < 4.78 is 45.9. The summed E-state index contributed by atoms with van der Waals surface area (Å²) in [6.45, 7) is 1.04. The smallest absolute Gasteiger partial charge is 0.240 e. The maximum Gasteiger partial charge on any atom is 0.240 e. The van der Waals surface area contributed by atoms with Gasteiger partial charge in [0.2, 0.25) is 16.9 Å². The maximum atomic E-state index is 15.2. The third kappa shape index (κ3) is 7.31. The third-order valence-electron chi connectivity index (χ3n) is 8.02. The third-order valence-corrected chi connectivity index (χ3v) is 9.03. The SMILES string of the molecule is COc1cc2c(Oc3ccc(NC(=O)C4(C(=O)Nc5ccc(F)cc5)CC4)cc3F)ccnc2cc1OCCCNC1CCSC1=O. The van der Waals surface area contributed by atoms with Gasteiger partial charge in [0.15, 0.2) is 23.1 Å². The Morgan fingerprint density at radius 3 is 2.36 bits per heavy atom. The van der Waals surface area contributed by atoms with Crippen LogP contribution in [0.1, 0.15) is 25.7 Å². The monoisotopic (exact) mass is 662 g/mol. The van der Waals surface area contributed by atoms with E-state index in [2.05, 4.69) is 20.9 Å². The largest absolute Gasteiger partial charge is 0.493 e. The number of methoxy groups -OCH3 is 1. The molecule has 244 valence electrons. The predicted molar refractivity (Wildman–Crippen MR) is 174 cm³/mol. The number of carbonyl (C=O) groups is 3. The number of aromatic nitrogens is 1. The molecular weight excluding hydrogens is 630 g/mol. The summed E-state index contributed by atoms with van der Waals surface area (Å²) in [4.78, 5) is 42.1. The molecule has 1 saturated heterocycles. The molecule has 1 aliphatic heterocycles. The summed E-state index contributed by atoms with van der Waals surface area (Å²) >= 11 is 1.36. The number of pyridine rings is 1. The Labute approximate surface area is 273 Å². The zero-order valence-electron chi connectivity index (χ0n) is 25.4. The van der Waals surface area contributed by atoms with Crippen molar-refractivity contribution in [1.82, 2.24) is 10.3 Å². The molecule has 0 radical (unpaired) electrons. The zero-order chi connectivity index (χ0) is 33.0. The Bertz CT molecular complexity index is 1820. The van der Waals surface area contributed by atoms with Gasteiger partial charge < -0.3 is 30.2 Å². The van der Waals surface area contributed by atoms with Crippen LogP contribution in [0.4, 0.5) is 20.2 Å². The first-order valence-corrected chi connectivity index (χ1v) is 16.1. The van der Waals surface area contributed by atoms with Crippen molar-refractivity contribution in [2.24, 2.45) is 5.41 Å². The van der Waals surface area contributed by atoms with E-state index in [0.29, 0.717) is 66.3 Å². The van der Waals surface area contributed by atoms with Crippen LogP contribution in [0.15, 0.2) is 66.9 Å². The van der Waals surface area contributed by atoms with Gasteiger partial charge in [-0.3, -0.25) is 19.4 Å². The van der Waals surface area contributed by atoms with Crippen molar-refractivity contribution in [3.63, 3.8) is 0 Å². The van der Waals surface area contributed by atoms with Crippen LogP contribution < -0.4 is 30.2 Å². The maximum absolute atomic E-state index is 15.2. The van der Waals surface area contributed by atoms with Crippen molar-refractivity contribution in [3.8, 4) is 23.0 Å². The minimum Gasteiger partial charge on any atom is -0.493 e. The standard InChI is InChI=1S/C34H32F2N4O6S/c1-44-29-18-23-26(19-30(29)45-15-2-13-37-25-10-16-47-31(25)41)38-14-9-27(23)46-28-8-7-22(17-24(28)36)40-33(43)34(11-12-34)32(42)39-21-5-3-20(35)4-6-21/h3-9,14,17-19,25,37H,2,10-13,15-16H2,1H3,(H,39,42)(H,40,43). The molecule has 10 nitrogen and oxygen atoms in total. The number of carbonyl (C=O) groups excluding carboxylic acids is 3. The fraction of sp³-hybridized carbons (Fsp3) is 0.294.